The lowest BCUT2D eigenvalue weighted by atomic mass is 10.1. The first-order valence-corrected chi connectivity index (χ1v) is 6.45. The Bertz CT molecular complexity index is 419. The van der Waals surface area contributed by atoms with E-state index in [0.29, 0.717) is 13.2 Å². The van der Waals surface area contributed by atoms with Crippen LogP contribution in [0.4, 0.5) is 0 Å². The van der Waals surface area contributed by atoms with Crippen LogP contribution in [0.5, 0.6) is 5.75 Å². The van der Waals surface area contributed by atoms with Gasteiger partial charge >= 0.3 is 0 Å². The van der Waals surface area contributed by atoms with E-state index in [2.05, 4.69) is 4.90 Å². The molecule has 0 saturated carbocycles. The summed E-state index contributed by atoms with van der Waals surface area (Å²) in [5, 5.41) is 0. The molecule has 1 fully saturated rings. The second-order valence-corrected chi connectivity index (χ2v) is 4.63. The number of amides is 1. The van der Waals surface area contributed by atoms with Crippen molar-refractivity contribution in [2.75, 3.05) is 33.4 Å². The van der Waals surface area contributed by atoms with Crippen molar-refractivity contribution < 1.29 is 14.3 Å². The third kappa shape index (κ3) is 3.68. The molecule has 0 bridgehead atoms. The molecule has 104 valence electrons. The van der Waals surface area contributed by atoms with E-state index in [1.54, 1.807) is 7.11 Å². The number of methoxy groups -OCH3 is 1. The maximum Gasteiger partial charge on any atom is 0.237 e. The number of carbonyl (C=O) groups excluding carboxylic acids is 1. The van der Waals surface area contributed by atoms with Gasteiger partial charge in [-0.3, -0.25) is 9.69 Å². The topological polar surface area (TPSA) is 64.8 Å². The second-order valence-electron chi connectivity index (χ2n) is 4.63. The van der Waals surface area contributed by atoms with Crippen LogP contribution in [0.2, 0.25) is 0 Å². The Morgan fingerprint density at radius 3 is 2.84 bits per heavy atom. The number of nitrogens with two attached hydrogens (primary N) is 1. The van der Waals surface area contributed by atoms with Crippen molar-refractivity contribution in [2.24, 2.45) is 5.73 Å². The SMILES string of the molecule is COc1ccc(CCN2CCOC[C@H]2C(N)=O)cc1. The van der Waals surface area contributed by atoms with Crippen LogP contribution in [-0.4, -0.2) is 50.3 Å². The predicted octanol–water partition coefficient (Wildman–Crippen LogP) is 0.424. The van der Waals surface area contributed by atoms with Crippen molar-refractivity contribution in [2.45, 2.75) is 12.5 Å². The normalized spacial score (nSPS) is 20.2. The average molecular weight is 264 g/mol. The zero-order valence-electron chi connectivity index (χ0n) is 11.2. The minimum absolute atomic E-state index is 0.299. The van der Waals surface area contributed by atoms with E-state index < -0.39 is 0 Å². The van der Waals surface area contributed by atoms with Gasteiger partial charge in [0.2, 0.25) is 5.91 Å². The molecule has 0 unspecified atom stereocenters. The van der Waals surface area contributed by atoms with Crippen LogP contribution in [0.15, 0.2) is 24.3 Å². The van der Waals surface area contributed by atoms with Crippen molar-refractivity contribution in [1.82, 2.24) is 4.90 Å². The molecule has 1 aromatic rings. The number of hydrogen-bond acceptors (Lipinski definition) is 4. The fourth-order valence-corrected chi connectivity index (χ4v) is 2.23. The number of nitrogens with zero attached hydrogens (tertiary/aromatic N) is 1. The first kappa shape index (κ1) is 13.8. The summed E-state index contributed by atoms with van der Waals surface area (Å²) in [5.74, 6) is 0.541. The number of primary amides is 1. The number of rotatable bonds is 5. The van der Waals surface area contributed by atoms with Crippen LogP contribution >= 0.6 is 0 Å². The molecule has 1 aliphatic heterocycles. The van der Waals surface area contributed by atoms with Crippen molar-refractivity contribution >= 4 is 5.91 Å². The van der Waals surface area contributed by atoms with Crippen molar-refractivity contribution in [1.29, 1.82) is 0 Å². The summed E-state index contributed by atoms with van der Waals surface area (Å²) in [4.78, 5) is 13.4. The van der Waals surface area contributed by atoms with E-state index in [0.717, 1.165) is 25.3 Å². The third-order valence-corrected chi connectivity index (χ3v) is 3.41. The molecule has 2 rings (SSSR count). The molecule has 1 aromatic carbocycles. The summed E-state index contributed by atoms with van der Waals surface area (Å²) in [7, 11) is 1.65. The Kier molecular flexibility index (Phi) is 4.76. The molecule has 19 heavy (non-hydrogen) atoms. The first-order valence-electron chi connectivity index (χ1n) is 6.45. The van der Waals surface area contributed by atoms with Gasteiger partial charge in [0, 0.05) is 13.1 Å². The lowest BCUT2D eigenvalue weighted by molar-refractivity contribution is -0.129. The highest BCUT2D eigenvalue weighted by Crippen LogP contribution is 2.13. The number of morpholine rings is 1. The van der Waals surface area contributed by atoms with Crippen LogP contribution < -0.4 is 10.5 Å². The molecule has 5 heteroatoms. The van der Waals surface area contributed by atoms with E-state index in [1.165, 1.54) is 5.56 Å². The number of carbonyl (C=O) groups is 1. The smallest absolute Gasteiger partial charge is 0.237 e. The Morgan fingerprint density at radius 2 is 2.21 bits per heavy atom. The second kappa shape index (κ2) is 6.54. The van der Waals surface area contributed by atoms with Gasteiger partial charge in [-0.2, -0.15) is 0 Å². The van der Waals surface area contributed by atoms with Crippen molar-refractivity contribution in [3.05, 3.63) is 29.8 Å². The molecule has 1 amide bonds. The molecular formula is C14H20N2O3. The highest BCUT2D eigenvalue weighted by molar-refractivity contribution is 5.80. The van der Waals surface area contributed by atoms with Gasteiger partial charge < -0.3 is 15.2 Å². The molecule has 1 heterocycles. The Hall–Kier alpha value is -1.59. The van der Waals surface area contributed by atoms with E-state index >= 15 is 0 Å². The molecule has 1 saturated heterocycles. The summed E-state index contributed by atoms with van der Waals surface area (Å²) in [6.45, 7) is 2.62. The van der Waals surface area contributed by atoms with Gasteiger partial charge in [0.25, 0.3) is 0 Å². The molecule has 0 spiro atoms. The van der Waals surface area contributed by atoms with Gasteiger partial charge in [0.15, 0.2) is 0 Å². The maximum atomic E-state index is 11.3. The molecule has 0 radical (unpaired) electrons. The Balaban J connectivity index is 1.90. The van der Waals surface area contributed by atoms with Crippen LogP contribution in [0.1, 0.15) is 5.56 Å². The maximum absolute atomic E-state index is 11.3. The van der Waals surface area contributed by atoms with E-state index in [1.807, 2.05) is 24.3 Å². The van der Waals surface area contributed by atoms with E-state index in [-0.39, 0.29) is 11.9 Å². The molecule has 1 atom stereocenters. The zero-order chi connectivity index (χ0) is 13.7. The fraction of sp³-hybridized carbons (Fsp3) is 0.500. The predicted molar refractivity (Wildman–Crippen MR) is 72.1 cm³/mol. The molecule has 0 aromatic heterocycles. The van der Waals surface area contributed by atoms with Crippen LogP contribution in [0.3, 0.4) is 0 Å². The fourth-order valence-electron chi connectivity index (χ4n) is 2.23. The Morgan fingerprint density at radius 1 is 1.47 bits per heavy atom. The summed E-state index contributed by atoms with van der Waals surface area (Å²) in [6.07, 6.45) is 0.883. The molecule has 1 aliphatic rings. The summed E-state index contributed by atoms with van der Waals surface area (Å²) >= 11 is 0. The number of benzene rings is 1. The number of hydrogen-bond donors (Lipinski definition) is 1. The number of ether oxygens (including phenoxy) is 2. The summed E-state index contributed by atoms with van der Waals surface area (Å²) in [6, 6.07) is 7.67. The summed E-state index contributed by atoms with van der Waals surface area (Å²) in [5.41, 5.74) is 6.61. The minimum Gasteiger partial charge on any atom is -0.497 e. The highest BCUT2D eigenvalue weighted by atomic mass is 16.5. The van der Waals surface area contributed by atoms with E-state index in [4.69, 9.17) is 15.2 Å². The third-order valence-electron chi connectivity index (χ3n) is 3.41. The van der Waals surface area contributed by atoms with Gasteiger partial charge in [-0.05, 0) is 24.1 Å². The Labute approximate surface area is 113 Å². The quantitative estimate of drug-likeness (QED) is 0.837. The van der Waals surface area contributed by atoms with Crippen LogP contribution in [0, 0.1) is 0 Å². The molecule has 5 nitrogen and oxygen atoms in total. The van der Waals surface area contributed by atoms with Crippen LogP contribution in [0.25, 0.3) is 0 Å². The van der Waals surface area contributed by atoms with Gasteiger partial charge in [0.05, 0.1) is 20.3 Å². The lowest BCUT2D eigenvalue weighted by Crippen LogP contribution is -2.52. The average Bonchev–Trinajstić information content (AvgIpc) is 2.46. The van der Waals surface area contributed by atoms with Gasteiger partial charge in [-0.1, -0.05) is 12.1 Å². The first-order chi connectivity index (χ1) is 9.20. The highest BCUT2D eigenvalue weighted by Gasteiger charge is 2.26. The van der Waals surface area contributed by atoms with Crippen LogP contribution in [-0.2, 0) is 16.0 Å². The van der Waals surface area contributed by atoms with Crippen molar-refractivity contribution in [3.63, 3.8) is 0 Å². The lowest BCUT2D eigenvalue weighted by Gasteiger charge is -2.33. The monoisotopic (exact) mass is 264 g/mol. The molecule has 2 N–H and O–H groups in total. The molecule has 0 aliphatic carbocycles. The minimum atomic E-state index is -0.311. The largest absolute Gasteiger partial charge is 0.497 e. The standard InChI is InChI=1S/C14H20N2O3/c1-18-12-4-2-11(3-5-12)6-7-16-8-9-19-10-13(16)14(15)17/h2-5,13H,6-10H2,1H3,(H2,15,17)/t13-/m0/s1. The van der Waals surface area contributed by atoms with Crippen molar-refractivity contribution in [3.8, 4) is 5.75 Å². The van der Waals surface area contributed by atoms with E-state index in [9.17, 15) is 4.79 Å². The summed E-state index contributed by atoms with van der Waals surface area (Å²) < 4.78 is 10.4. The zero-order valence-corrected chi connectivity index (χ0v) is 11.2. The van der Waals surface area contributed by atoms with Gasteiger partial charge in [-0.25, -0.2) is 0 Å². The molecular weight excluding hydrogens is 244 g/mol. The van der Waals surface area contributed by atoms with Gasteiger partial charge in [0.1, 0.15) is 11.8 Å². The van der Waals surface area contributed by atoms with Gasteiger partial charge in [-0.15, -0.1) is 0 Å².